The molecule has 0 aliphatic carbocycles. The molecule has 2 aliphatic rings. The minimum Gasteiger partial charge on any atom is -0.368 e. The molecule has 0 aromatic heterocycles. The van der Waals surface area contributed by atoms with Gasteiger partial charge in [0.05, 0.1) is 0 Å². The first-order valence-corrected chi connectivity index (χ1v) is 11.2. The van der Waals surface area contributed by atoms with Crippen molar-refractivity contribution in [3.8, 4) is 0 Å². The van der Waals surface area contributed by atoms with Crippen molar-refractivity contribution >= 4 is 33.6 Å². The molecule has 1 fully saturated rings. The summed E-state index contributed by atoms with van der Waals surface area (Å²) in [5, 5.41) is 5.63. The van der Waals surface area contributed by atoms with Gasteiger partial charge in [-0.2, -0.15) is 0 Å². The number of allylic oxidation sites excluding steroid dienone is 1. The molecule has 3 aromatic carbocycles. The van der Waals surface area contributed by atoms with Crippen LogP contribution in [0, 0.1) is 0 Å². The third-order valence-corrected chi connectivity index (χ3v) is 6.52. The van der Waals surface area contributed by atoms with Crippen LogP contribution in [0.2, 0.25) is 0 Å². The molecule has 0 atom stereocenters. The molecule has 1 amide bonds. The second-order valence-corrected chi connectivity index (χ2v) is 8.79. The van der Waals surface area contributed by atoms with Crippen molar-refractivity contribution < 1.29 is 4.79 Å². The lowest BCUT2D eigenvalue weighted by molar-refractivity contribution is -0.110. The van der Waals surface area contributed by atoms with E-state index in [-0.39, 0.29) is 5.91 Å². The number of piperazine rings is 1. The molecule has 3 aromatic rings. The zero-order valence-corrected chi connectivity index (χ0v) is 18.3. The molecule has 158 valence electrons. The van der Waals surface area contributed by atoms with Crippen LogP contribution in [0.5, 0.6) is 0 Å². The summed E-state index contributed by atoms with van der Waals surface area (Å²) >= 11 is 0. The van der Waals surface area contributed by atoms with Crippen molar-refractivity contribution in [2.75, 3.05) is 42.9 Å². The van der Waals surface area contributed by atoms with Gasteiger partial charge in [0.2, 0.25) is 0 Å². The van der Waals surface area contributed by atoms with Gasteiger partial charge < -0.3 is 10.2 Å². The van der Waals surface area contributed by atoms with Crippen LogP contribution in [0.15, 0.2) is 66.2 Å². The van der Waals surface area contributed by atoms with Gasteiger partial charge in [0.1, 0.15) is 0 Å². The third kappa shape index (κ3) is 3.84. The number of rotatable bonds is 4. The summed E-state index contributed by atoms with van der Waals surface area (Å²) in [4.78, 5) is 17.3. The molecule has 0 bridgehead atoms. The van der Waals surface area contributed by atoms with Gasteiger partial charge in [-0.3, -0.25) is 9.69 Å². The average Bonchev–Trinajstić information content (AvgIpc) is 3.13. The molecule has 0 radical (unpaired) electrons. The molecule has 1 saturated heterocycles. The Morgan fingerprint density at radius 3 is 2.52 bits per heavy atom. The van der Waals surface area contributed by atoms with E-state index in [1.807, 2.05) is 13.8 Å². The molecule has 2 heterocycles. The lowest BCUT2D eigenvalue weighted by Gasteiger charge is -2.36. The number of hydrogen-bond acceptors (Lipinski definition) is 3. The number of amides is 1. The lowest BCUT2D eigenvalue weighted by atomic mass is 9.99. The molecule has 4 nitrogen and oxygen atoms in total. The summed E-state index contributed by atoms with van der Waals surface area (Å²) in [6.07, 6.45) is 1.01. The molecule has 0 saturated carbocycles. The smallest absolute Gasteiger partial charge is 0.256 e. The summed E-state index contributed by atoms with van der Waals surface area (Å²) in [6.45, 7) is 9.32. The first-order chi connectivity index (χ1) is 15.1. The first-order valence-electron chi connectivity index (χ1n) is 11.2. The van der Waals surface area contributed by atoms with E-state index in [1.54, 1.807) is 0 Å². The SMILES string of the molecule is CC(C)=C1C(=O)Nc2ccc(CCN3CCN(c4cccc5ccccc45)CC3)cc21. The molecule has 0 unspecified atom stereocenters. The third-order valence-electron chi connectivity index (χ3n) is 6.52. The number of fused-ring (bicyclic) bond motifs is 2. The van der Waals surface area contributed by atoms with Crippen LogP contribution in [0.25, 0.3) is 16.3 Å². The van der Waals surface area contributed by atoms with Gasteiger partial charge in [-0.15, -0.1) is 0 Å². The minimum absolute atomic E-state index is 0.0247. The topological polar surface area (TPSA) is 35.6 Å². The van der Waals surface area contributed by atoms with Crippen LogP contribution in [-0.2, 0) is 11.2 Å². The maximum absolute atomic E-state index is 12.2. The highest BCUT2D eigenvalue weighted by Crippen LogP contribution is 2.34. The highest BCUT2D eigenvalue weighted by molar-refractivity contribution is 6.32. The van der Waals surface area contributed by atoms with Crippen molar-refractivity contribution in [1.82, 2.24) is 4.90 Å². The van der Waals surface area contributed by atoms with Gasteiger partial charge in [0.25, 0.3) is 5.91 Å². The zero-order valence-electron chi connectivity index (χ0n) is 18.3. The van der Waals surface area contributed by atoms with E-state index in [9.17, 15) is 4.79 Å². The Morgan fingerprint density at radius 1 is 0.935 bits per heavy atom. The first kappa shape index (κ1) is 19.8. The second-order valence-electron chi connectivity index (χ2n) is 8.79. The molecule has 1 N–H and O–H groups in total. The van der Waals surface area contributed by atoms with Gasteiger partial charge in [-0.05, 0) is 49.4 Å². The fourth-order valence-corrected chi connectivity index (χ4v) is 4.85. The van der Waals surface area contributed by atoms with E-state index in [1.165, 1.54) is 22.0 Å². The Labute approximate surface area is 184 Å². The fourth-order valence-electron chi connectivity index (χ4n) is 4.85. The Hall–Kier alpha value is -3.11. The van der Waals surface area contributed by atoms with E-state index in [0.717, 1.165) is 61.5 Å². The van der Waals surface area contributed by atoms with Crippen LogP contribution < -0.4 is 10.2 Å². The zero-order chi connectivity index (χ0) is 21.4. The van der Waals surface area contributed by atoms with Crippen molar-refractivity contribution in [1.29, 1.82) is 0 Å². The number of anilines is 2. The van der Waals surface area contributed by atoms with Gasteiger partial charge in [-0.1, -0.05) is 48.0 Å². The number of hydrogen-bond donors (Lipinski definition) is 1. The quantitative estimate of drug-likeness (QED) is 0.617. The number of carbonyl (C=O) groups is 1. The van der Waals surface area contributed by atoms with Crippen LogP contribution in [-0.4, -0.2) is 43.5 Å². The number of nitrogens with zero attached hydrogens (tertiary/aromatic N) is 2. The average molecular weight is 412 g/mol. The van der Waals surface area contributed by atoms with Crippen LogP contribution in [0.4, 0.5) is 11.4 Å². The van der Waals surface area contributed by atoms with E-state index in [0.29, 0.717) is 0 Å². The number of nitrogens with one attached hydrogen (secondary N) is 1. The predicted molar refractivity (Wildman–Crippen MR) is 130 cm³/mol. The molecular formula is C27H29N3O. The van der Waals surface area contributed by atoms with E-state index < -0.39 is 0 Å². The van der Waals surface area contributed by atoms with Crippen LogP contribution >= 0.6 is 0 Å². The highest BCUT2D eigenvalue weighted by atomic mass is 16.2. The monoisotopic (exact) mass is 411 g/mol. The van der Waals surface area contributed by atoms with Crippen molar-refractivity contribution in [2.45, 2.75) is 20.3 Å². The normalized spacial score (nSPS) is 16.5. The van der Waals surface area contributed by atoms with Crippen LogP contribution in [0.3, 0.4) is 0 Å². The summed E-state index contributed by atoms with van der Waals surface area (Å²) < 4.78 is 0. The Bertz CT molecular complexity index is 1160. The van der Waals surface area contributed by atoms with Gasteiger partial charge >= 0.3 is 0 Å². The van der Waals surface area contributed by atoms with Crippen molar-refractivity contribution in [3.63, 3.8) is 0 Å². The summed E-state index contributed by atoms with van der Waals surface area (Å²) in [6, 6.07) is 21.7. The van der Waals surface area contributed by atoms with E-state index in [4.69, 9.17) is 0 Å². The summed E-state index contributed by atoms with van der Waals surface area (Å²) in [5.74, 6) is 0.0247. The summed E-state index contributed by atoms with van der Waals surface area (Å²) in [5.41, 5.74) is 6.55. The van der Waals surface area contributed by atoms with Gasteiger partial charge in [0.15, 0.2) is 0 Å². The Morgan fingerprint density at radius 2 is 1.71 bits per heavy atom. The van der Waals surface area contributed by atoms with Crippen molar-refractivity contribution in [3.05, 3.63) is 77.4 Å². The molecule has 31 heavy (non-hydrogen) atoms. The molecule has 0 spiro atoms. The van der Waals surface area contributed by atoms with Crippen LogP contribution in [0.1, 0.15) is 25.0 Å². The molecule has 4 heteroatoms. The Kier molecular flexibility index (Phi) is 5.24. The van der Waals surface area contributed by atoms with Gasteiger partial charge in [0, 0.05) is 60.6 Å². The molecule has 2 aliphatic heterocycles. The second kappa shape index (κ2) is 8.20. The Balaban J connectivity index is 1.22. The fraction of sp³-hybridized carbons (Fsp3) is 0.296. The minimum atomic E-state index is 0.0247. The van der Waals surface area contributed by atoms with Gasteiger partial charge in [-0.25, -0.2) is 0 Å². The largest absolute Gasteiger partial charge is 0.368 e. The standard InChI is InChI=1S/C27H29N3O/c1-19(2)26-23-18-20(10-11-24(23)28-27(26)31)12-13-29-14-16-30(17-15-29)25-9-5-7-21-6-3-4-8-22(21)25/h3-11,18H,12-17H2,1-2H3,(H,28,31). The maximum Gasteiger partial charge on any atom is 0.256 e. The number of carbonyl (C=O) groups excluding carboxylic acids is 1. The van der Waals surface area contributed by atoms with Crippen molar-refractivity contribution in [2.24, 2.45) is 0 Å². The summed E-state index contributed by atoms with van der Waals surface area (Å²) in [7, 11) is 0. The maximum atomic E-state index is 12.2. The molecular weight excluding hydrogens is 382 g/mol. The van der Waals surface area contributed by atoms with E-state index >= 15 is 0 Å². The number of benzene rings is 3. The van der Waals surface area contributed by atoms with E-state index in [2.05, 4.69) is 75.8 Å². The molecule has 5 rings (SSSR count). The lowest BCUT2D eigenvalue weighted by Crippen LogP contribution is -2.47. The highest BCUT2D eigenvalue weighted by Gasteiger charge is 2.25. The predicted octanol–water partition coefficient (Wildman–Crippen LogP) is 4.95.